The first kappa shape index (κ1) is 18.4. The number of carbonyl (C=O) groups is 3. The van der Waals surface area contributed by atoms with Crippen LogP contribution >= 0.6 is 15.9 Å². The van der Waals surface area contributed by atoms with Gasteiger partial charge in [-0.1, -0.05) is 15.9 Å². The van der Waals surface area contributed by atoms with Crippen molar-refractivity contribution >= 4 is 33.8 Å². The molecule has 0 aliphatic carbocycles. The van der Waals surface area contributed by atoms with Crippen LogP contribution in [0.1, 0.15) is 41.0 Å². The van der Waals surface area contributed by atoms with Crippen LogP contribution in [0.15, 0.2) is 22.7 Å². The number of fused-ring (bicyclic) bond motifs is 1. The van der Waals surface area contributed by atoms with Gasteiger partial charge in [0.25, 0.3) is 11.8 Å². The van der Waals surface area contributed by atoms with Crippen molar-refractivity contribution < 1.29 is 19.5 Å². The lowest BCUT2D eigenvalue weighted by Crippen LogP contribution is -2.50. The summed E-state index contributed by atoms with van der Waals surface area (Å²) < 4.78 is 0.745. The van der Waals surface area contributed by atoms with E-state index in [0.29, 0.717) is 24.1 Å². The normalized spacial score (nSPS) is 13.9. The van der Waals surface area contributed by atoms with E-state index in [1.54, 1.807) is 32.0 Å². The van der Waals surface area contributed by atoms with Gasteiger partial charge in [0.05, 0.1) is 23.3 Å². The third-order valence-corrected chi connectivity index (χ3v) is 4.12. The number of aliphatic hydroxyl groups is 1. The van der Waals surface area contributed by atoms with Crippen LogP contribution < -0.4 is 10.6 Å². The molecular weight excluding hydrogens is 378 g/mol. The second-order valence-electron chi connectivity index (χ2n) is 6.23. The smallest absolute Gasteiger partial charge is 0.315 e. The molecule has 0 saturated heterocycles. The standard InChI is InChI=1S/C16H20BrN3O4/c1-16(2,9-21)19-15(24)18-6-3-7-20-13(22)11-5-4-10(17)8-12(11)14(20)23/h4-5,8,21H,3,6-7,9H2,1-2H3,(H2,18,19,24). The minimum absolute atomic E-state index is 0.176. The van der Waals surface area contributed by atoms with Crippen molar-refractivity contribution in [2.24, 2.45) is 0 Å². The summed E-state index contributed by atoms with van der Waals surface area (Å²) in [6.45, 7) is 3.76. The number of hydrogen-bond donors (Lipinski definition) is 3. The highest BCUT2D eigenvalue weighted by molar-refractivity contribution is 9.10. The fourth-order valence-corrected chi connectivity index (χ4v) is 2.66. The summed E-state index contributed by atoms with van der Waals surface area (Å²) in [6, 6.07) is 4.59. The molecule has 3 N–H and O–H groups in total. The Balaban J connectivity index is 1.83. The number of amides is 4. The summed E-state index contributed by atoms with van der Waals surface area (Å²) >= 11 is 3.29. The van der Waals surface area contributed by atoms with Crippen molar-refractivity contribution in [1.82, 2.24) is 15.5 Å². The number of hydrogen-bond acceptors (Lipinski definition) is 4. The lowest BCUT2D eigenvalue weighted by atomic mass is 10.1. The fourth-order valence-electron chi connectivity index (χ4n) is 2.30. The molecule has 4 amide bonds. The molecule has 24 heavy (non-hydrogen) atoms. The van der Waals surface area contributed by atoms with Crippen molar-refractivity contribution in [3.05, 3.63) is 33.8 Å². The SMILES string of the molecule is CC(C)(CO)NC(=O)NCCCN1C(=O)c2ccc(Br)cc2C1=O. The van der Waals surface area contributed by atoms with Crippen LogP contribution in [0.5, 0.6) is 0 Å². The predicted octanol–water partition coefficient (Wildman–Crippen LogP) is 1.51. The molecule has 0 aromatic heterocycles. The van der Waals surface area contributed by atoms with E-state index in [1.165, 1.54) is 4.90 Å². The molecule has 0 saturated carbocycles. The van der Waals surface area contributed by atoms with E-state index in [4.69, 9.17) is 5.11 Å². The molecule has 0 fully saturated rings. The van der Waals surface area contributed by atoms with Gasteiger partial charge in [0, 0.05) is 17.6 Å². The maximum Gasteiger partial charge on any atom is 0.315 e. The summed E-state index contributed by atoms with van der Waals surface area (Å²) in [5.74, 6) is -0.629. The Labute approximate surface area is 148 Å². The maximum absolute atomic E-state index is 12.3. The first-order chi connectivity index (χ1) is 11.2. The van der Waals surface area contributed by atoms with E-state index in [1.807, 2.05) is 0 Å². The minimum Gasteiger partial charge on any atom is -0.394 e. The molecule has 1 heterocycles. The molecule has 0 bridgehead atoms. The first-order valence-electron chi connectivity index (χ1n) is 7.58. The van der Waals surface area contributed by atoms with Gasteiger partial charge < -0.3 is 15.7 Å². The van der Waals surface area contributed by atoms with E-state index in [9.17, 15) is 14.4 Å². The van der Waals surface area contributed by atoms with Crippen LogP contribution in [0, 0.1) is 0 Å². The Morgan fingerprint density at radius 3 is 2.58 bits per heavy atom. The van der Waals surface area contributed by atoms with Gasteiger partial charge in [0.1, 0.15) is 0 Å². The topological polar surface area (TPSA) is 98.7 Å². The van der Waals surface area contributed by atoms with Gasteiger partial charge in [-0.25, -0.2) is 4.79 Å². The highest BCUT2D eigenvalue weighted by Gasteiger charge is 2.35. The summed E-state index contributed by atoms with van der Waals surface area (Å²) in [5, 5.41) is 14.4. The number of halogens is 1. The van der Waals surface area contributed by atoms with Crippen LogP contribution in [-0.4, -0.2) is 53.1 Å². The zero-order valence-electron chi connectivity index (χ0n) is 13.6. The molecule has 8 heteroatoms. The summed E-state index contributed by atoms with van der Waals surface area (Å²) in [6.07, 6.45) is 0.444. The molecule has 7 nitrogen and oxygen atoms in total. The first-order valence-corrected chi connectivity index (χ1v) is 8.37. The highest BCUT2D eigenvalue weighted by atomic mass is 79.9. The lowest BCUT2D eigenvalue weighted by molar-refractivity contribution is 0.0653. The van der Waals surface area contributed by atoms with Crippen LogP contribution in [0.25, 0.3) is 0 Å². The van der Waals surface area contributed by atoms with Crippen molar-refractivity contribution in [1.29, 1.82) is 0 Å². The van der Waals surface area contributed by atoms with Crippen LogP contribution in [-0.2, 0) is 0 Å². The molecule has 0 unspecified atom stereocenters. The lowest BCUT2D eigenvalue weighted by Gasteiger charge is -2.23. The number of urea groups is 1. The quantitative estimate of drug-likeness (QED) is 0.500. The minimum atomic E-state index is -0.708. The summed E-state index contributed by atoms with van der Waals surface area (Å²) in [7, 11) is 0. The molecule has 130 valence electrons. The Morgan fingerprint density at radius 2 is 1.92 bits per heavy atom. The number of nitrogens with one attached hydrogen (secondary N) is 2. The molecule has 0 spiro atoms. The number of aliphatic hydroxyl groups excluding tert-OH is 1. The molecule has 0 atom stereocenters. The second kappa shape index (κ2) is 7.31. The van der Waals surface area contributed by atoms with E-state index in [-0.39, 0.29) is 25.0 Å². The molecule has 1 aliphatic rings. The van der Waals surface area contributed by atoms with E-state index >= 15 is 0 Å². The molecule has 2 rings (SSSR count). The van der Waals surface area contributed by atoms with Gasteiger partial charge in [0.2, 0.25) is 0 Å². The number of imide groups is 1. The largest absolute Gasteiger partial charge is 0.394 e. The molecule has 0 radical (unpaired) electrons. The third kappa shape index (κ3) is 4.12. The molecule has 1 aliphatic heterocycles. The van der Waals surface area contributed by atoms with Crippen molar-refractivity contribution in [2.75, 3.05) is 19.7 Å². The Kier molecular flexibility index (Phi) is 5.61. The van der Waals surface area contributed by atoms with Gasteiger partial charge in [-0.05, 0) is 38.5 Å². The summed E-state index contributed by atoms with van der Waals surface area (Å²) in [4.78, 5) is 37.4. The molecule has 1 aromatic rings. The van der Waals surface area contributed by atoms with Crippen molar-refractivity contribution in [2.45, 2.75) is 25.8 Å². The van der Waals surface area contributed by atoms with Gasteiger partial charge in [-0.15, -0.1) is 0 Å². The van der Waals surface area contributed by atoms with E-state index in [0.717, 1.165) is 4.47 Å². The van der Waals surface area contributed by atoms with E-state index in [2.05, 4.69) is 26.6 Å². The average Bonchev–Trinajstić information content (AvgIpc) is 2.75. The van der Waals surface area contributed by atoms with E-state index < -0.39 is 11.6 Å². The number of nitrogens with zero attached hydrogens (tertiary/aromatic N) is 1. The number of benzene rings is 1. The van der Waals surface area contributed by atoms with Gasteiger partial charge in [0.15, 0.2) is 0 Å². The van der Waals surface area contributed by atoms with Gasteiger partial charge >= 0.3 is 6.03 Å². The number of rotatable bonds is 6. The van der Waals surface area contributed by atoms with Crippen LogP contribution in [0.3, 0.4) is 0 Å². The monoisotopic (exact) mass is 397 g/mol. The summed E-state index contributed by atoms with van der Waals surface area (Å²) in [5.41, 5.74) is 0.0865. The predicted molar refractivity (Wildman–Crippen MR) is 91.8 cm³/mol. The van der Waals surface area contributed by atoms with Crippen LogP contribution in [0.2, 0.25) is 0 Å². The van der Waals surface area contributed by atoms with Crippen LogP contribution in [0.4, 0.5) is 4.79 Å². The average molecular weight is 398 g/mol. The third-order valence-electron chi connectivity index (χ3n) is 3.62. The van der Waals surface area contributed by atoms with Gasteiger partial charge in [-0.2, -0.15) is 0 Å². The van der Waals surface area contributed by atoms with Gasteiger partial charge in [-0.3, -0.25) is 14.5 Å². The zero-order chi connectivity index (χ0) is 17.9. The van der Waals surface area contributed by atoms with Crippen molar-refractivity contribution in [3.8, 4) is 0 Å². The second-order valence-corrected chi connectivity index (χ2v) is 7.14. The number of carbonyl (C=O) groups excluding carboxylic acids is 3. The maximum atomic E-state index is 12.3. The Morgan fingerprint density at radius 1 is 1.25 bits per heavy atom. The highest BCUT2D eigenvalue weighted by Crippen LogP contribution is 2.25. The van der Waals surface area contributed by atoms with Crippen molar-refractivity contribution in [3.63, 3.8) is 0 Å². The Bertz CT molecular complexity index is 675. The fraction of sp³-hybridized carbons (Fsp3) is 0.438. The molecule has 1 aromatic carbocycles. The molecular formula is C16H20BrN3O4. The Hall–Kier alpha value is -1.93. The zero-order valence-corrected chi connectivity index (χ0v) is 15.1.